The molecule has 4 nitrogen and oxygen atoms in total. The van der Waals surface area contributed by atoms with E-state index < -0.39 is 0 Å². The van der Waals surface area contributed by atoms with Crippen LogP contribution in [0.5, 0.6) is 5.75 Å². The molecule has 0 spiro atoms. The van der Waals surface area contributed by atoms with E-state index in [1.807, 2.05) is 0 Å². The highest BCUT2D eigenvalue weighted by Crippen LogP contribution is 2.31. The third-order valence-electron chi connectivity index (χ3n) is 4.11. The number of methoxy groups -OCH3 is 1. The number of carbonyl (C=O) groups excluding carboxylic acids is 1. The van der Waals surface area contributed by atoms with Gasteiger partial charge < -0.3 is 14.8 Å². The Labute approximate surface area is 123 Å². The minimum absolute atomic E-state index is 0.0103. The van der Waals surface area contributed by atoms with E-state index in [1.54, 1.807) is 25.3 Å². The van der Waals surface area contributed by atoms with Crippen molar-refractivity contribution in [3.8, 4) is 5.75 Å². The molecule has 0 saturated heterocycles. The Bertz CT molecular complexity index is 524. The average molecular weight is 293 g/mol. The number of hydrogen-bond acceptors (Lipinski definition) is 3. The molecule has 5 heteroatoms. The average Bonchev–Trinajstić information content (AvgIpc) is 3.22. The van der Waals surface area contributed by atoms with E-state index in [0.29, 0.717) is 5.56 Å². The van der Waals surface area contributed by atoms with Crippen LogP contribution in [0.25, 0.3) is 0 Å². The van der Waals surface area contributed by atoms with Crippen LogP contribution in [0, 0.1) is 11.7 Å². The minimum Gasteiger partial charge on any atom is -0.487 e. The first-order valence-electron chi connectivity index (χ1n) is 7.42. The standard InChI is InChI=1S/C16H20FNO3/c1-20-13-7-11(8-13)16(19)18-9-10-3-2-4-14(15(10)17)21-12-5-6-12/h2-4,11-13H,5-9H2,1H3,(H,18,19). The molecule has 2 aliphatic rings. The molecule has 0 heterocycles. The fourth-order valence-corrected chi connectivity index (χ4v) is 2.45. The van der Waals surface area contributed by atoms with Crippen molar-refractivity contribution in [1.29, 1.82) is 0 Å². The molecule has 0 radical (unpaired) electrons. The second-order valence-electron chi connectivity index (χ2n) is 5.79. The van der Waals surface area contributed by atoms with E-state index in [-0.39, 0.29) is 42.1 Å². The molecule has 1 aromatic rings. The summed E-state index contributed by atoms with van der Waals surface area (Å²) in [5, 5.41) is 2.79. The predicted octanol–water partition coefficient (Wildman–Crippen LogP) is 2.41. The summed E-state index contributed by atoms with van der Waals surface area (Å²) in [6.07, 6.45) is 3.81. The van der Waals surface area contributed by atoms with Gasteiger partial charge in [-0.25, -0.2) is 4.39 Å². The van der Waals surface area contributed by atoms with Crippen molar-refractivity contribution in [3.63, 3.8) is 0 Å². The molecular formula is C16H20FNO3. The number of carbonyl (C=O) groups is 1. The van der Waals surface area contributed by atoms with E-state index in [1.165, 1.54) is 0 Å². The molecule has 2 saturated carbocycles. The maximum atomic E-state index is 14.2. The van der Waals surface area contributed by atoms with Crippen LogP contribution in [0.2, 0.25) is 0 Å². The SMILES string of the molecule is COC1CC(C(=O)NCc2cccc(OC3CC3)c2F)C1. The largest absolute Gasteiger partial charge is 0.487 e. The summed E-state index contributed by atoms with van der Waals surface area (Å²) in [5.74, 6) is -0.125. The lowest BCUT2D eigenvalue weighted by Gasteiger charge is -2.32. The summed E-state index contributed by atoms with van der Waals surface area (Å²) in [5.41, 5.74) is 0.462. The predicted molar refractivity (Wildman–Crippen MR) is 75.4 cm³/mol. The van der Waals surface area contributed by atoms with Crippen LogP contribution in [0.4, 0.5) is 4.39 Å². The minimum atomic E-state index is -0.368. The van der Waals surface area contributed by atoms with Gasteiger partial charge >= 0.3 is 0 Å². The number of rotatable bonds is 6. The Hall–Kier alpha value is -1.62. The molecule has 0 bridgehead atoms. The van der Waals surface area contributed by atoms with Gasteiger partial charge in [0.1, 0.15) is 0 Å². The molecule has 2 aliphatic carbocycles. The molecule has 2 fully saturated rings. The van der Waals surface area contributed by atoms with Gasteiger partial charge in [-0.15, -0.1) is 0 Å². The number of nitrogens with one attached hydrogen (secondary N) is 1. The fraction of sp³-hybridized carbons (Fsp3) is 0.562. The highest BCUT2D eigenvalue weighted by atomic mass is 19.1. The molecule has 1 amide bonds. The van der Waals surface area contributed by atoms with Gasteiger partial charge in [0.05, 0.1) is 12.2 Å². The molecule has 0 atom stereocenters. The maximum absolute atomic E-state index is 14.2. The summed E-state index contributed by atoms with van der Waals surface area (Å²) >= 11 is 0. The molecule has 21 heavy (non-hydrogen) atoms. The number of hydrogen-bond donors (Lipinski definition) is 1. The monoisotopic (exact) mass is 293 g/mol. The van der Waals surface area contributed by atoms with Crippen molar-refractivity contribution >= 4 is 5.91 Å². The molecule has 114 valence electrons. The van der Waals surface area contributed by atoms with Gasteiger partial charge in [0.25, 0.3) is 0 Å². The summed E-state index contributed by atoms with van der Waals surface area (Å²) in [4.78, 5) is 11.9. The van der Waals surface area contributed by atoms with E-state index in [0.717, 1.165) is 25.7 Å². The van der Waals surface area contributed by atoms with Crippen molar-refractivity contribution in [3.05, 3.63) is 29.6 Å². The van der Waals surface area contributed by atoms with E-state index >= 15 is 0 Å². The summed E-state index contributed by atoms with van der Waals surface area (Å²) < 4.78 is 24.9. The topological polar surface area (TPSA) is 47.6 Å². The lowest BCUT2D eigenvalue weighted by molar-refractivity contribution is -0.132. The summed E-state index contributed by atoms with van der Waals surface area (Å²) in [7, 11) is 1.65. The Morgan fingerprint density at radius 2 is 2.10 bits per heavy atom. The molecule has 1 aromatic carbocycles. The zero-order valence-electron chi connectivity index (χ0n) is 12.1. The van der Waals surface area contributed by atoms with Crippen LogP contribution >= 0.6 is 0 Å². The van der Waals surface area contributed by atoms with Crippen LogP contribution in [0.3, 0.4) is 0 Å². The van der Waals surface area contributed by atoms with Gasteiger partial charge in [0, 0.05) is 25.1 Å². The number of halogens is 1. The van der Waals surface area contributed by atoms with Gasteiger partial charge in [-0.2, -0.15) is 0 Å². The highest BCUT2D eigenvalue weighted by molar-refractivity contribution is 5.79. The van der Waals surface area contributed by atoms with Crippen molar-refractivity contribution in [2.45, 2.75) is 44.4 Å². The van der Waals surface area contributed by atoms with Crippen molar-refractivity contribution in [1.82, 2.24) is 5.32 Å². The first-order chi connectivity index (χ1) is 10.2. The van der Waals surface area contributed by atoms with Crippen LogP contribution in [0.1, 0.15) is 31.2 Å². The van der Waals surface area contributed by atoms with E-state index in [4.69, 9.17) is 9.47 Å². The normalized spacial score (nSPS) is 24.3. The van der Waals surface area contributed by atoms with Crippen LogP contribution in [0.15, 0.2) is 18.2 Å². The van der Waals surface area contributed by atoms with E-state index in [9.17, 15) is 9.18 Å². The van der Waals surface area contributed by atoms with Gasteiger partial charge in [0.2, 0.25) is 5.91 Å². The molecule has 3 rings (SSSR count). The Kier molecular flexibility index (Phi) is 4.10. The highest BCUT2D eigenvalue weighted by Gasteiger charge is 2.34. The Morgan fingerprint density at radius 1 is 1.33 bits per heavy atom. The second kappa shape index (κ2) is 6.02. The third kappa shape index (κ3) is 3.35. The fourth-order valence-electron chi connectivity index (χ4n) is 2.45. The van der Waals surface area contributed by atoms with Crippen molar-refractivity contribution in [2.24, 2.45) is 5.92 Å². The molecule has 0 aromatic heterocycles. The van der Waals surface area contributed by atoms with Gasteiger partial charge in [-0.3, -0.25) is 4.79 Å². The second-order valence-corrected chi connectivity index (χ2v) is 5.79. The molecule has 1 N–H and O–H groups in total. The van der Waals surface area contributed by atoms with Crippen LogP contribution < -0.4 is 10.1 Å². The molecule has 0 unspecified atom stereocenters. The number of ether oxygens (including phenoxy) is 2. The third-order valence-corrected chi connectivity index (χ3v) is 4.11. The van der Waals surface area contributed by atoms with Crippen molar-refractivity contribution in [2.75, 3.05) is 7.11 Å². The lowest BCUT2D eigenvalue weighted by atomic mass is 9.81. The maximum Gasteiger partial charge on any atom is 0.223 e. The Morgan fingerprint density at radius 3 is 2.76 bits per heavy atom. The molecule has 0 aliphatic heterocycles. The zero-order chi connectivity index (χ0) is 14.8. The smallest absolute Gasteiger partial charge is 0.223 e. The van der Waals surface area contributed by atoms with Gasteiger partial charge in [0.15, 0.2) is 11.6 Å². The quantitative estimate of drug-likeness (QED) is 0.876. The van der Waals surface area contributed by atoms with Crippen LogP contribution in [-0.4, -0.2) is 25.2 Å². The number of benzene rings is 1. The van der Waals surface area contributed by atoms with Gasteiger partial charge in [-0.05, 0) is 31.7 Å². The Balaban J connectivity index is 1.54. The first-order valence-corrected chi connectivity index (χ1v) is 7.42. The lowest BCUT2D eigenvalue weighted by Crippen LogP contribution is -2.41. The molecular weight excluding hydrogens is 273 g/mol. The summed E-state index contributed by atoms with van der Waals surface area (Å²) in [6.45, 7) is 0.195. The van der Waals surface area contributed by atoms with Crippen LogP contribution in [-0.2, 0) is 16.1 Å². The van der Waals surface area contributed by atoms with Gasteiger partial charge in [-0.1, -0.05) is 12.1 Å². The first kappa shape index (κ1) is 14.3. The van der Waals surface area contributed by atoms with E-state index in [2.05, 4.69) is 5.32 Å². The summed E-state index contributed by atoms with van der Waals surface area (Å²) in [6, 6.07) is 5.06. The van der Waals surface area contributed by atoms with Crippen molar-refractivity contribution < 1.29 is 18.7 Å². The zero-order valence-corrected chi connectivity index (χ0v) is 12.1. The number of amides is 1.